The molecule has 0 fully saturated rings. The van der Waals surface area contributed by atoms with Crippen LogP contribution in [0.1, 0.15) is 11.5 Å². The quantitative estimate of drug-likeness (QED) is 0.723. The fraction of sp³-hybridized carbons (Fsp3) is 0.636. The molecule has 1 aromatic heterocycles. The minimum atomic E-state index is -2.39. The lowest BCUT2D eigenvalue weighted by Gasteiger charge is -2.09. The van der Waals surface area contributed by atoms with Crippen LogP contribution in [-0.2, 0) is 17.0 Å². The van der Waals surface area contributed by atoms with Gasteiger partial charge in [-0.05, 0) is 12.1 Å². The third-order valence-corrected chi connectivity index (χ3v) is 2.81. The van der Waals surface area contributed by atoms with E-state index in [0.717, 1.165) is 0 Å². The van der Waals surface area contributed by atoms with Crippen LogP contribution in [0.5, 0.6) is 0 Å². The summed E-state index contributed by atoms with van der Waals surface area (Å²) in [6.07, 6.45) is -0.571. The van der Waals surface area contributed by atoms with Crippen molar-refractivity contribution in [2.75, 3.05) is 20.3 Å². The van der Waals surface area contributed by atoms with E-state index in [-0.39, 0.29) is 12.4 Å². The van der Waals surface area contributed by atoms with Crippen molar-refractivity contribution >= 4 is 11.8 Å². The smallest absolute Gasteiger partial charge is 0.284 e. The van der Waals surface area contributed by atoms with E-state index in [1.54, 1.807) is 12.1 Å². The van der Waals surface area contributed by atoms with Gasteiger partial charge in [-0.1, -0.05) is 11.8 Å². The van der Waals surface area contributed by atoms with Crippen molar-refractivity contribution in [2.24, 2.45) is 0 Å². The molecule has 0 amide bonds. The number of hydrogen-bond acceptors (Lipinski definition) is 5. The molecule has 4 nitrogen and oxygen atoms in total. The van der Waals surface area contributed by atoms with Crippen LogP contribution in [0, 0.1) is 0 Å². The first kappa shape index (κ1) is 15.4. The second-order valence-corrected chi connectivity index (χ2v) is 4.66. The van der Waals surface area contributed by atoms with Crippen LogP contribution in [0.2, 0.25) is 0 Å². The van der Waals surface area contributed by atoms with Crippen molar-refractivity contribution in [3.63, 3.8) is 0 Å². The van der Waals surface area contributed by atoms with Gasteiger partial charge in [-0.15, -0.1) is 0 Å². The highest BCUT2D eigenvalue weighted by Gasteiger charge is 2.08. The topological polar surface area (TPSA) is 54.6 Å². The molecule has 0 saturated carbocycles. The average Bonchev–Trinajstić information content (AvgIpc) is 2.75. The van der Waals surface area contributed by atoms with Gasteiger partial charge >= 0.3 is 0 Å². The van der Waals surface area contributed by atoms with Gasteiger partial charge in [0.05, 0.1) is 25.0 Å². The maximum absolute atomic E-state index is 12.0. The summed E-state index contributed by atoms with van der Waals surface area (Å²) < 4.78 is 34.0. The first-order valence-corrected chi connectivity index (χ1v) is 6.51. The lowest BCUT2D eigenvalue weighted by atomic mass is 10.3. The highest BCUT2D eigenvalue weighted by Crippen LogP contribution is 2.21. The molecule has 1 rings (SSSR count). The molecule has 0 bridgehead atoms. The minimum Gasteiger partial charge on any atom is -0.464 e. The fourth-order valence-electron chi connectivity index (χ4n) is 1.35. The Kier molecular flexibility index (Phi) is 7.26. The number of hydrogen-bond donors (Lipinski definition) is 2. The normalized spacial score (nSPS) is 13.2. The summed E-state index contributed by atoms with van der Waals surface area (Å²) in [6, 6.07) is 3.41. The molecule has 0 spiro atoms. The summed E-state index contributed by atoms with van der Waals surface area (Å²) in [4.78, 5) is 0. The molecule has 0 aliphatic carbocycles. The minimum absolute atomic E-state index is 0.157. The van der Waals surface area contributed by atoms with E-state index in [1.165, 1.54) is 7.11 Å². The zero-order valence-electron chi connectivity index (χ0n) is 10.1. The molecular weight excluding hydrogens is 264 g/mol. The summed E-state index contributed by atoms with van der Waals surface area (Å²) in [5.41, 5.74) is 0. The molecule has 1 unspecified atom stereocenters. The Morgan fingerprint density at radius 3 is 2.83 bits per heavy atom. The van der Waals surface area contributed by atoms with Gasteiger partial charge in [-0.2, -0.15) is 8.78 Å². The van der Waals surface area contributed by atoms with E-state index < -0.39 is 11.9 Å². The predicted octanol–water partition coefficient (Wildman–Crippen LogP) is 1.83. The Morgan fingerprint density at radius 1 is 1.44 bits per heavy atom. The van der Waals surface area contributed by atoms with E-state index in [0.29, 0.717) is 36.4 Å². The second kappa shape index (κ2) is 8.47. The molecular formula is C11H17F2NO3S. The van der Waals surface area contributed by atoms with Crippen LogP contribution >= 0.6 is 11.8 Å². The number of thioether (sulfide) groups is 1. The number of aliphatic hydroxyl groups is 1. The maximum Gasteiger partial charge on any atom is 0.284 e. The van der Waals surface area contributed by atoms with Gasteiger partial charge in [0.15, 0.2) is 0 Å². The first-order valence-electron chi connectivity index (χ1n) is 5.47. The van der Waals surface area contributed by atoms with E-state index in [2.05, 4.69) is 5.32 Å². The molecule has 1 heterocycles. The van der Waals surface area contributed by atoms with E-state index in [9.17, 15) is 13.9 Å². The van der Waals surface area contributed by atoms with Crippen molar-refractivity contribution in [2.45, 2.75) is 24.2 Å². The van der Waals surface area contributed by atoms with Crippen molar-refractivity contribution < 1.29 is 23.0 Å². The van der Waals surface area contributed by atoms with Gasteiger partial charge in [0.1, 0.15) is 11.5 Å². The van der Waals surface area contributed by atoms with Crippen LogP contribution in [0.25, 0.3) is 0 Å². The molecule has 18 heavy (non-hydrogen) atoms. The largest absolute Gasteiger partial charge is 0.464 e. The van der Waals surface area contributed by atoms with Gasteiger partial charge in [0, 0.05) is 13.7 Å². The lowest BCUT2D eigenvalue weighted by molar-refractivity contribution is 0.0641. The van der Waals surface area contributed by atoms with Crippen LogP contribution in [-0.4, -0.2) is 37.2 Å². The number of furan rings is 1. The maximum atomic E-state index is 12.0. The van der Waals surface area contributed by atoms with Crippen molar-refractivity contribution in [3.05, 3.63) is 23.7 Å². The zero-order valence-corrected chi connectivity index (χ0v) is 10.9. The lowest BCUT2D eigenvalue weighted by Crippen LogP contribution is -2.29. The Bertz CT molecular complexity index is 336. The standard InChI is InChI=1S/C11H17F2NO3S/c1-16-6-8(15)4-14-5-9-2-3-10(17-9)7-18-11(12)13/h2-3,8,11,14-15H,4-7H2,1H3. The molecule has 0 aromatic carbocycles. The van der Waals surface area contributed by atoms with Gasteiger partial charge in [-0.3, -0.25) is 0 Å². The molecule has 0 aliphatic heterocycles. The van der Waals surface area contributed by atoms with Crippen LogP contribution in [0.4, 0.5) is 8.78 Å². The number of rotatable bonds is 9. The highest BCUT2D eigenvalue weighted by molar-refractivity contribution is 7.98. The predicted molar refractivity (Wildman–Crippen MR) is 65.6 cm³/mol. The number of alkyl halides is 2. The number of methoxy groups -OCH3 is 1. The zero-order chi connectivity index (χ0) is 13.4. The number of nitrogens with one attached hydrogen (secondary N) is 1. The number of halogens is 2. The number of aliphatic hydroxyl groups excluding tert-OH is 1. The molecule has 2 N–H and O–H groups in total. The summed E-state index contributed by atoms with van der Waals surface area (Å²) in [5, 5.41) is 12.4. The molecule has 7 heteroatoms. The van der Waals surface area contributed by atoms with Crippen molar-refractivity contribution in [1.82, 2.24) is 5.32 Å². The van der Waals surface area contributed by atoms with Gasteiger partial charge in [0.25, 0.3) is 5.76 Å². The van der Waals surface area contributed by atoms with Gasteiger partial charge in [-0.25, -0.2) is 0 Å². The van der Waals surface area contributed by atoms with Gasteiger partial charge < -0.3 is 19.6 Å². The molecule has 0 radical (unpaired) electrons. The monoisotopic (exact) mass is 281 g/mol. The molecule has 1 aromatic rings. The van der Waals surface area contributed by atoms with Crippen LogP contribution < -0.4 is 5.32 Å². The van der Waals surface area contributed by atoms with E-state index in [1.807, 2.05) is 0 Å². The highest BCUT2D eigenvalue weighted by atomic mass is 32.2. The van der Waals surface area contributed by atoms with Crippen LogP contribution in [0.3, 0.4) is 0 Å². The van der Waals surface area contributed by atoms with Gasteiger partial charge in [0.2, 0.25) is 0 Å². The third-order valence-electron chi connectivity index (χ3n) is 2.11. The third kappa shape index (κ3) is 6.34. The molecule has 104 valence electrons. The molecule has 0 saturated heterocycles. The van der Waals surface area contributed by atoms with E-state index >= 15 is 0 Å². The second-order valence-electron chi connectivity index (χ2n) is 3.68. The summed E-state index contributed by atoms with van der Waals surface area (Å²) in [7, 11) is 1.52. The van der Waals surface area contributed by atoms with E-state index in [4.69, 9.17) is 9.15 Å². The Balaban J connectivity index is 2.22. The Labute approximate surface area is 109 Å². The average molecular weight is 281 g/mol. The number of ether oxygens (including phenoxy) is 1. The SMILES string of the molecule is COCC(O)CNCc1ccc(CSC(F)F)o1. The Morgan fingerprint density at radius 2 is 2.17 bits per heavy atom. The molecule has 1 atom stereocenters. The summed E-state index contributed by atoms with van der Waals surface area (Å²) in [6.45, 7) is 1.09. The Hall–Kier alpha value is -0.630. The first-order chi connectivity index (χ1) is 8.61. The molecule has 0 aliphatic rings. The van der Waals surface area contributed by atoms with Crippen molar-refractivity contribution in [3.8, 4) is 0 Å². The van der Waals surface area contributed by atoms with Crippen LogP contribution in [0.15, 0.2) is 16.5 Å². The van der Waals surface area contributed by atoms with Crippen molar-refractivity contribution in [1.29, 1.82) is 0 Å². The summed E-state index contributed by atoms with van der Waals surface area (Å²) >= 11 is 0.529. The summed E-state index contributed by atoms with van der Waals surface area (Å²) in [5.74, 6) is -1.05. The fourth-order valence-corrected chi connectivity index (χ4v) is 1.80.